The summed E-state index contributed by atoms with van der Waals surface area (Å²) in [6.07, 6.45) is 91.9. The van der Waals surface area contributed by atoms with Gasteiger partial charge in [0, 0.05) is 19.3 Å². The van der Waals surface area contributed by atoms with Crippen LogP contribution in [0.1, 0.15) is 355 Å². The standard InChI is InChI=1S/C75H132O6/c1-4-7-10-13-16-19-22-25-27-29-31-33-35-37-39-41-43-45-47-50-53-56-59-62-65-68-74(77)80-71-72(70-79-73(76)67-64-61-58-55-52-49-24-21-18-15-12-9-6-3)81-75(78)69-66-63-60-57-54-51-48-46-44-42-40-38-36-34-32-30-28-26-23-20-17-14-11-8-5-2/h9,12,18,21-22,25,29-32,35,37,49,52,72H,4-8,10-11,13-17,19-20,23-24,26-28,33-34,36,38-48,50-51,53-71H2,1-3H3/b12-9-,21-18-,25-22-,31-29-,32-30-,37-35-,52-49-. The van der Waals surface area contributed by atoms with E-state index in [1.807, 2.05) is 0 Å². The summed E-state index contributed by atoms with van der Waals surface area (Å²) in [6.45, 7) is 6.53. The Hall–Kier alpha value is -3.41. The summed E-state index contributed by atoms with van der Waals surface area (Å²) < 4.78 is 16.9. The van der Waals surface area contributed by atoms with Crippen molar-refractivity contribution >= 4 is 17.9 Å². The first-order chi connectivity index (χ1) is 40.0. The minimum atomic E-state index is -0.792. The number of esters is 3. The highest BCUT2D eigenvalue weighted by atomic mass is 16.6. The van der Waals surface area contributed by atoms with Crippen molar-refractivity contribution < 1.29 is 28.6 Å². The molecule has 0 aromatic carbocycles. The molecule has 0 saturated heterocycles. The maximum absolute atomic E-state index is 13.0. The molecule has 0 aromatic heterocycles. The van der Waals surface area contributed by atoms with Crippen molar-refractivity contribution in [2.24, 2.45) is 0 Å². The molecule has 0 saturated carbocycles. The van der Waals surface area contributed by atoms with E-state index in [0.29, 0.717) is 19.3 Å². The van der Waals surface area contributed by atoms with E-state index >= 15 is 0 Å². The molecule has 0 bridgehead atoms. The lowest BCUT2D eigenvalue weighted by molar-refractivity contribution is -0.167. The zero-order valence-corrected chi connectivity index (χ0v) is 53.8. The summed E-state index contributed by atoms with van der Waals surface area (Å²) >= 11 is 0. The van der Waals surface area contributed by atoms with Gasteiger partial charge in [-0.1, -0.05) is 305 Å². The van der Waals surface area contributed by atoms with E-state index in [0.717, 1.165) is 96.3 Å². The molecule has 6 nitrogen and oxygen atoms in total. The quantitative estimate of drug-likeness (QED) is 0.0261. The number of hydrogen-bond acceptors (Lipinski definition) is 6. The largest absolute Gasteiger partial charge is 0.462 e. The van der Waals surface area contributed by atoms with Crippen molar-refractivity contribution in [2.45, 2.75) is 361 Å². The molecule has 0 aliphatic heterocycles. The molecule has 81 heavy (non-hydrogen) atoms. The molecule has 0 fully saturated rings. The second-order valence-corrected chi connectivity index (χ2v) is 23.4. The average Bonchev–Trinajstić information content (AvgIpc) is 3.46. The van der Waals surface area contributed by atoms with Crippen molar-refractivity contribution in [2.75, 3.05) is 13.2 Å². The number of carbonyl (C=O) groups excluding carboxylic acids is 3. The van der Waals surface area contributed by atoms with Crippen molar-refractivity contribution in [3.8, 4) is 0 Å². The normalized spacial score (nSPS) is 12.6. The number of hydrogen-bond donors (Lipinski definition) is 0. The van der Waals surface area contributed by atoms with Crippen LogP contribution in [-0.2, 0) is 28.6 Å². The van der Waals surface area contributed by atoms with E-state index in [4.69, 9.17) is 14.2 Å². The summed E-state index contributed by atoms with van der Waals surface area (Å²) in [7, 11) is 0. The molecule has 0 heterocycles. The zero-order chi connectivity index (χ0) is 58.5. The lowest BCUT2D eigenvalue weighted by Crippen LogP contribution is -2.30. The molecule has 468 valence electrons. The van der Waals surface area contributed by atoms with Gasteiger partial charge in [-0.15, -0.1) is 0 Å². The highest BCUT2D eigenvalue weighted by Crippen LogP contribution is 2.17. The van der Waals surface area contributed by atoms with Crippen LogP contribution in [0.4, 0.5) is 0 Å². The summed E-state index contributed by atoms with van der Waals surface area (Å²) in [5.74, 6) is -0.904. The van der Waals surface area contributed by atoms with Crippen LogP contribution in [0.15, 0.2) is 85.1 Å². The Kier molecular flexibility index (Phi) is 66.2. The zero-order valence-electron chi connectivity index (χ0n) is 53.8. The van der Waals surface area contributed by atoms with E-state index in [1.165, 1.54) is 218 Å². The van der Waals surface area contributed by atoms with Crippen LogP contribution < -0.4 is 0 Å². The molecule has 1 unspecified atom stereocenters. The molecule has 0 aliphatic rings. The fourth-order valence-electron chi connectivity index (χ4n) is 10.1. The maximum Gasteiger partial charge on any atom is 0.306 e. The van der Waals surface area contributed by atoms with E-state index in [-0.39, 0.29) is 31.1 Å². The van der Waals surface area contributed by atoms with Gasteiger partial charge in [0.1, 0.15) is 13.2 Å². The van der Waals surface area contributed by atoms with E-state index in [2.05, 4.69) is 106 Å². The molecule has 6 heteroatoms. The Morgan fingerprint density at radius 2 is 0.481 bits per heavy atom. The highest BCUT2D eigenvalue weighted by molar-refractivity contribution is 5.71. The summed E-state index contributed by atoms with van der Waals surface area (Å²) in [5, 5.41) is 0. The van der Waals surface area contributed by atoms with Crippen LogP contribution >= 0.6 is 0 Å². The van der Waals surface area contributed by atoms with Crippen LogP contribution in [0.5, 0.6) is 0 Å². The van der Waals surface area contributed by atoms with Crippen LogP contribution in [-0.4, -0.2) is 37.2 Å². The van der Waals surface area contributed by atoms with Crippen molar-refractivity contribution in [3.05, 3.63) is 85.1 Å². The minimum Gasteiger partial charge on any atom is -0.462 e. The minimum absolute atomic E-state index is 0.0863. The third-order valence-electron chi connectivity index (χ3n) is 15.4. The molecule has 0 N–H and O–H groups in total. The third-order valence-corrected chi connectivity index (χ3v) is 15.4. The highest BCUT2D eigenvalue weighted by Gasteiger charge is 2.19. The van der Waals surface area contributed by atoms with Gasteiger partial charge in [-0.3, -0.25) is 14.4 Å². The van der Waals surface area contributed by atoms with Gasteiger partial charge in [-0.05, 0) is 116 Å². The topological polar surface area (TPSA) is 78.9 Å². The fourth-order valence-corrected chi connectivity index (χ4v) is 10.1. The predicted molar refractivity (Wildman–Crippen MR) is 353 cm³/mol. The summed E-state index contributed by atoms with van der Waals surface area (Å²) in [4.78, 5) is 38.4. The van der Waals surface area contributed by atoms with Gasteiger partial charge in [0.2, 0.25) is 0 Å². The molecule has 0 aromatic rings. The predicted octanol–water partition coefficient (Wildman–Crippen LogP) is 24.2. The Morgan fingerprint density at radius 1 is 0.259 bits per heavy atom. The summed E-state index contributed by atoms with van der Waals surface area (Å²) in [6, 6.07) is 0. The van der Waals surface area contributed by atoms with Gasteiger partial charge in [-0.2, -0.15) is 0 Å². The van der Waals surface area contributed by atoms with E-state index in [1.54, 1.807) is 0 Å². The van der Waals surface area contributed by atoms with Crippen molar-refractivity contribution in [3.63, 3.8) is 0 Å². The van der Waals surface area contributed by atoms with Crippen LogP contribution in [0.2, 0.25) is 0 Å². The van der Waals surface area contributed by atoms with Crippen molar-refractivity contribution in [1.82, 2.24) is 0 Å². The van der Waals surface area contributed by atoms with Gasteiger partial charge in [0.15, 0.2) is 6.10 Å². The monoisotopic (exact) mass is 1130 g/mol. The lowest BCUT2D eigenvalue weighted by Gasteiger charge is -2.18. The number of ether oxygens (including phenoxy) is 3. The molecule has 0 amide bonds. The van der Waals surface area contributed by atoms with Crippen LogP contribution in [0.25, 0.3) is 0 Å². The third kappa shape index (κ3) is 67.3. The maximum atomic E-state index is 13.0. The molecular weight excluding hydrogens is 997 g/mol. The van der Waals surface area contributed by atoms with Gasteiger partial charge in [-0.25, -0.2) is 0 Å². The molecule has 0 rings (SSSR count). The Labute approximate surface area is 503 Å². The van der Waals surface area contributed by atoms with Gasteiger partial charge >= 0.3 is 17.9 Å². The molecule has 0 spiro atoms. The second kappa shape index (κ2) is 69.1. The van der Waals surface area contributed by atoms with Gasteiger partial charge < -0.3 is 14.2 Å². The second-order valence-electron chi connectivity index (χ2n) is 23.4. The first-order valence-corrected chi connectivity index (χ1v) is 35.1. The number of carbonyl (C=O) groups is 3. The van der Waals surface area contributed by atoms with E-state index in [9.17, 15) is 14.4 Å². The molecular formula is C75H132O6. The smallest absolute Gasteiger partial charge is 0.306 e. The number of allylic oxidation sites excluding steroid dienone is 14. The van der Waals surface area contributed by atoms with E-state index < -0.39 is 6.10 Å². The first-order valence-electron chi connectivity index (χ1n) is 35.1. The number of unbranched alkanes of at least 4 members (excludes halogenated alkanes) is 39. The lowest BCUT2D eigenvalue weighted by atomic mass is 10.0. The fraction of sp³-hybridized carbons (Fsp3) is 0.773. The Bertz CT molecular complexity index is 1530. The Balaban J connectivity index is 4.29. The Morgan fingerprint density at radius 3 is 0.778 bits per heavy atom. The SMILES string of the molecule is CC/C=C\C/C=C\C/C=C\CCCCCC(=O)OCC(COC(=O)CCCCCCCCCCCC/C=C\C/C=C\C/C=C\CCCCCCC)OC(=O)CCCCCCCCCCCCCCC/C=C\CCCCCCCCCC. The van der Waals surface area contributed by atoms with Gasteiger partial charge in [0.05, 0.1) is 0 Å². The van der Waals surface area contributed by atoms with Crippen LogP contribution in [0.3, 0.4) is 0 Å². The molecule has 1 atom stereocenters. The molecule has 0 radical (unpaired) electrons. The molecule has 0 aliphatic carbocycles. The van der Waals surface area contributed by atoms with Crippen molar-refractivity contribution in [1.29, 1.82) is 0 Å². The number of rotatable bonds is 64. The average molecular weight is 1130 g/mol. The first kappa shape index (κ1) is 77.6. The summed E-state index contributed by atoms with van der Waals surface area (Å²) in [5.41, 5.74) is 0. The van der Waals surface area contributed by atoms with Gasteiger partial charge in [0.25, 0.3) is 0 Å². The van der Waals surface area contributed by atoms with Crippen LogP contribution in [0, 0.1) is 0 Å².